The van der Waals surface area contributed by atoms with Gasteiger partial charge in [0, 0.05) is 0 Å². The Hall–Kier alpha value is -2.66. The van der Waals surface area contributed by atoms with Gasteiger partial charge in [-0.2, -0.15) is 0 Å². The highest BCUT2D eigenvalue weighted by molar-refractivity contribution is 5.90. The fourth-order valence-corrected chi connectivity index (χ4v) is 2.75. The van der Waals surface area contributed by atoms with Crippen LogP contribution < -0.4 is 5.76 Å². The van der Waals surface area contributed by atoms with Crippen LogP contribution in [0.15, 0.2) is 63.8 Å². The van der Waals surface area contributed by atoms with Gasteiger partial charge in [0.25, 0.3) is 0 Å². The first-order chi connectivity index (χ1) is 11.6. The van der Waals surface area contributed by atoms with Gasteiger partial charge in [0.1, 0.15) is 0 Å². The fourth-order valence-electron chi connectivity index (χ4n) is 2.75. The number of carbonyl (C=O) groups excluding carboxylic acids is 1. The molecule has 0 amide bonds. The van der Waals surface area contributed by atoms with Crippen molar-refractivity contribution in [1.82, 2.24) is 4.57 Å². The quantitative estimate of drug-likeness (QED) is 0.783. The highest BCUT2D eigenvalue weighted by Crippen LogP contribution is 2.17. The topological polar surface area (TPSA) is 72.4 Å². The molecule has 0 aliphatic rings. The molecule has 1 heterocycles. The first-order valence-electron chi connectivity index (χ1n) is 7.94. The lowest BCUT2D eigenvalue weighted by Gasteiger charge is -2.17. The molecule has 2 atom stereocenters. The second-order valence-electron chi connectivity index (χ2n) is 5.89. The molecule has 0 saturated carbocycles. The Morgan fingerprint density at radius 3 is 2.54 bits per heavy atom. The number of oxazole rings is 1. The van der Waals surface area contributed by atoms with Gasteiger partial charge in [0.05, 0.1) is 17.5 Å². The number of hydrogen-bond acceptors (Lipinski definition) is 4. The maximum atomic E-state index is 12.6. The van der Waals surface area contributed by atoms with E-state index in [1.165, 1.54) is 0 Å². The number of nitrogens with zero attached hydrogens (tertiary/aromatic N) is 1. The van der Waals surface area contributed by atoms with Crippen molar-refractivity contribution < 1.29 is 14.3 Å². The number of benzene rings is 2. The van der Waals surface area contributed by atoms with E-state index in [0.29, 0.717) is 23.9 Å². The minimum Gasteiger partial charge on any atom is -0.407 e. The van der Waals surface area contributed by atoms with Crippen LogP contribution in [0.25, 0.3) is 11.1 Å². The Labute approximate surface area is 139 Å². The van der Waals surface area contributed by atoms with Crippen molar-refractivity contribution in [3.8, 4) is 0 Å². The molecular weight excluding hydrogens is 306 g/mol. The lowest BCUT2D eigenvalue weighted by molar-refractivity contribution is 0.0607. The van der Waals surface area contributed by atoms with E-state index in [9.17, 15) is 14.7 Å². The van der Waals surface area contributed by atoms with Gasteiger partial charge in [-0.25, -0.2) is 9.36 Å². The summed E-state index contributed by atoms with van der Waals surface area (Å²) in [6, 6.07) is 16.5. The normalized spacial score (nSPS) is 13.8. The van der Waals surface area contributed by atoms with E-state index in [1.54, 1.807) is 31.2 Å². The van der Waals surface area contributed by atoms with E-state index < -0.39 is 23.7 Å². The molecule has 0 aliphatic carbocycles. The molecule has 3 aromatic rings. The van der Waals surface area contributed by atoms with Crippen LogP contribution in [0, 0.1) is 5.92 Å². The first kappa shape index (κ1) is 16.2. The third-order valence-corrected chi connectivity index (χ3v) is 4.24. The Morgan fingerprint density at radius 2 is 1.79 bits per heavy atom. The molecule has 5 heteroatoms. The minimum atomic E-state index is -0.835. The largest absolute Gasteiger partial charge is 0.426 e. The molecule has 0 bridgehead atoms. The monoisotopic (exact) mass is 325 g/mol. The van der Waals surface area contributed by atoms with Gasteiger partial charge in [0.15, 0.2) is 5.58 Å². The number of carbonyl (C=O) groups is 1. The molecule has 24 heavy (non-hydrogen) atoms. The molecule has 2 aromatic carbocycles. The van der Waals surface area contributed by atoms with Crippen LogP contribution in [-0.2, 0) is 6.42 Å². The molecular formula is C19H19NO4. The van der Waals surface area contributed by atoms with Gasteiger partial charge in [-0.05, 0) is 30.5 Å². The lowest BCUT2D eigenvalue weighted by atomic mass is 9.97. The van der Waals surface area contributed by atoms with Crippen molar-refractivity contribution in [3.63, 3.8) is 0 Å². The van der Waals surface area contributed by atoms with E-state index in [0.717, 1.165) is 10.1 Å². The maximum Gasteiger partial charge on any atom is 0.426 e. The van der Waals surface area contributed by atoms with Gasteiger partial charge >= 0.3 is 5.76 Å². The van der Waals surface area contributed by atoms with E-state index in [1.807, 2.05) is 30.3 Å². The summed E-state index contributed by atoms with van der Waals surface area (Å²) >= 11 is 0. The third-order valence-electron chi connectivity index (χ3n) is 4.24. The number of rotatable bonds is 5. The zero-order valence-corrected chi connectivity index (χ0v) is 13.4. The highest BCUT2D eigenvalue weighted by Gasteiger charge is 2.26. The van der Waals surface area contributed by atoms with Crippen LogP contribution >= 0.6 is 0 Å². The zero-order chi connectivity index (χ0) is 17.1. The van der Waals surface area contributed by atoms with E-state index in [4.69, 9.17) is 4.42 Å². The predicted molar refractivity (Wildman–Crippen MR) is 91.0 cm³/mol. The van der Waals surface area contributed by atoms with Crippen LogP contribution in [0.2, 0.25) is 0 Å². The number of fused-ring (bicyclic) bond motifs is 1. The summed E-state index contributed by atoms with van der Waals surface area (Å²) in [6.07, 6.45) is 0.278. The number of aryl methyl sites for hydroxylation is 1. The SMILES string of the molecule is CC(C(=O)n1c(=O)oc2ccccc21)C(O)CCc1ccccc1. The minimum absolute atomic E-state index is 0.363. The molecule has 0 saturated heterocycles. The third kappa shape index (κ3) is 3.16. The predicted octanol–water partition coefficient (Wildman–Crippen LogP) is 2.86. The van der Waals surface area contributed by atoms with Crippen LogP contribution in [0.5, 0.6) is 0 Å². The number of hydrogen-bond donors (Lipinski definition) is 1. The molecule has 1 N–H and O–H groups in total. The Bertz CT molecular complexity index is 894. The van der Waals surface area contributed by atoms with Crippen molar-refractivity contribution >= 4 is 17.0 Å². The van der Waals surface area contributed by atoms with Crippen LogP contribution in [-0.4, -0.2) is 21.7 Å². The average molecular weight is 325 g/mol. The molecule has 0 spiro atoms. The van der Waals surface area contributed by atoms with Crippen molar-refractivity contribution in [1.29, 1.82) is 0 Å². The molecule has 1 aromatic heterocycles. The first-order valence-corrected chi connectivity index (χ1v) is 7.94. The summed E-state index contributed by atoms with van der Waals surface area (Å²) < 4.78 is 6.09. The molecule has 124 valence electrons. The molecule has 5 nitrogen and oxygen atoms in total. The second-order valence-corrected chi connectivity index (χ2v) is 5.89. The maximum absolute atomic E-state index is 12.6. The van der Waals surface area contributed by atoms with Crippen molar-refractivity contribution in [3.05, 3.63) is 70.7 Å². The molecule has 2 unspecified atom stereocenters. The number of aliphatic hydroxyl groups excluding tert-OH is 1. The standard InChI is InChI=1S/C19H19NO4/c1-13(16(21)12-11-14-7-3-2-4-8-14)18(22)20-15-9-5-6-10-17(15)24-19(20)23/h2-10,13,16,21H,11-12H2,1H3. The van der Waals surface area contributed by atoms with E-state index in [-0.39, 0.29) is 0 Å². The number of aromatic nitrogens is 1. The van der Waals surface area contributed by atoms with Crippen LogP contribution in [0.1, 0.15) is 23.7 Å². The molecule has 0 fully saturated rings. The Balaban J connectivity index is 1.76. The summed E-state index contributed by atoms with van der Waals surface area (Å²) in [5, 5.41) is 10.3. The summed E-state index contributed by atoms with van der Waals surface area (Å²) in [7, 11) is 0. The van der Waals surface area contributed by atoms with Gasteiger partial charge < -0.3 is 9.52 Å². The lowest BCUT2D eigenvalue weighted by Crippen LogP contribution is -2.34. The van der Waals surface area contributed by atoms with Gasteiger partial charge in [-0.15, -0.1) is 0 Å². The van der Waals surface area contributed by atoms with Gasteiger partial charge in [-0.3, -0.25) is 4.79 Å². The molecule has 3 rings (SSSR count). The molecule has 0 aliphatic heterocycles. The van der Waals surface area contributed by atoms with Crippen molar-refractivity contribution in [2.75, 3.05) is 0 Å². The average Bonchev–Trinajstić information content (AvgIpc) is 2.95. The Morgan fingerprint density at radius 1 is 1.12 bits per heavy atom. The highest BCUT2D eigenvalue weighted by atomic mass is 16.4. The summed E-state index contributed by atoms with van der Waals surface area (Å²) in [4.78, 5) is 24.6. The van der Waals surface area contributed by atoms with E-state index in [2.05, 4.69) is 0 Å². The summed E-state index contributed by atoms with van der Waals surface area (Å²) in [5.74, 6) is -1.87. The molecule has 0 radical (unpaired) electrons. The van der Waals surface area contributed by atoms with Gasteiger partial charge in [-0.1, -0.05) is 49.4 Å². The zero-order valence-electron chi connectivity index (χ0n) is 13.4. The Kier molecular flexibility index (Phi) is 4.62. The van der Waals surface area contributed by atoms with Gasteiger partial charge in [0.2, 0.25) is 5.91 Å². The number of para-hydroxylation sites is 2. The smallest absolute Gasteiger partial charge is 0.407 e. The second kappa shape index (κ2) is 6.84. The van der Waals surface area contributed by atoms with Crippen LogP contribution in [0.4, 0.5) is 0 Å². The summed E-state index contributed by atoms with van der Waals surface area (Å²) in [5.41, 5.74) is 1.89. The number of aliphatic hydroxyl groups is 1. The fraction of sp³-hybridized carbons (Fsp3) is 0.263. The van der Waals surface area contributed by atoms with E-state index >= 15 is 0 Å². The summed E-state index contributed by atoms with van der Waals surface area (Å²) in [6.45, 7) is 1.63. The van der Waals surface area contributed by atoms with Crippen molar-refractivity contribution in [2.24, 2.45) is 5.92 Å². The van der Waals surface area contributed by atoms with Crippen LogP contribution in [0.3, 0.4) is 0 Å². The van der Waals surface area contributed by atoms with Crippen molar-refractivity contribution in [2.45, 2.75) is 25.9 Å².